The summed E-state index contributed by atoms with van der Waals surface area (Å²) in [4.78, 5) is 17.5. The molecule has 0 radical (unpaired) electrons. The monoisotopic (exact) mass is 230 g/mol. The molecule has 1 aromatic carbocycles. The van der Waals surface area contributed by atoms with E-state index in [0.29, 0.717) is 6.42 Å². The van der Waals surface area contributed by atoms with Gasteiger partial charge in [-0.15, -0.1) is 11.3 Å². The zero-order valence-corrected chi connectivity index (χ0v) is 9.62. The number of hydrogen-bond acceptors (Lipinski definition) is 3. The van der Waals surface area contributed by atoms with Crippen LogP contribution >= 0.6 is 11.3 Å². The van der Waals surface area contributed by atoms with Crippen LogP contribution in [0.25, 0.3) is 10.6 Å². The Morgan fingerprint density at radius 1 is 1.44 bits per heavy atom. The number of anilines is 1. The van der Waals surface area contributed by atoms with Crippen LogP contribution in [0.2, 0.25) is 0 Å². The number of fused-ring (bicyclic) bond motifs is 1. The summed E-state index contributed by atoms with van der Waals surface area (Å²) < 4.78 is 0. The van der Waals surface area contributed by atoms with E-state index in [1.54, 1.807) is 22.4 Å². The SMILES string of the molecule is CN1C(=O)Cc2cc(-c3nccs3)ccc21. The molecular formula is C12H10N2OS. The molecule has 80 valence electrons. The van der Waals surface area contributed by atoms with E-state index in [1.807, 2.05) is 24.6 Å². The van der Waals surface area contributed by atoms with Gasteiger partial charge in [0.25, 0.3) is 0 Å². The van der Waals surface area contributed by atoms with Crippen LogP contribution in [-0.2, 0) is 11.2 Å². The highest BCUT2D eigenvalue weighted by Gasteiger charge is 2.24. The predicted octanol–water partition coefficient (Wildman–Crippen LogP) is 2.33. The van der Waals surface area contributed by atoms with Crippen molar-refractivity contribution in [2.24, 2.45) is 0 Å². The van der Waals surface area contributed by atoms with Crippen molar-refractivity contribution in [1.29, 1.82) is 0 Å². The maximum absolute atomic E-state index is 11.5. The van der Waals surface area contributed by atoms with E-state index in [4.69, 9.17) is 0 Å². The minimum Gasteiger partial charge on any atom is -0.315 e. The second-order valence-electron chi connectivity index (χ2n) is 3.81. The van der Waals surface area contributed by atoms with Crippen molar-refractivity contribution in [3.8, 4) is 10.6 Å². The summed E-state index contributed by atoms with van der Waals surface area (Å²) in [5.41, 5.74) is 3.21. The Morgan fingerprint density at radius 2 is 2.31 bits per heavy atom. The molecule has 2 heterocycles. The molecule has 0 fully saturated rings. The second kappa shape index (κ2) is 3.42. The van der Waals surface area contributed by atoms with Crippen LogP contribution in [0, 0.1) is 0 Å². The van der Waals surface area contributed by atoms with Crippen molar-refractivity contribution in [2.45, 2.75) is 6.42 Å². The molecule has 0 saturated carbocycles. The first-order valence-corrected chi connectivity index (χ1v) is 5.93. The molecule has 4 heteroatoms. The molecule has 1 amide bonds. The zero-order chi connectivity index (χ0) is 11.1. The standard InChI is InChI=1S/C12H10N2OS/c1-14-10-3-2-8(12-13-4-5-16-12)6-9(10)7-11(14)15/h2-6H,7H2,1H3. The average molecular weight is 230 g/mol. The van der Waals surface area contributed by atoms with Crippen molar-refractivity contribution < 1.29 is 4.79 Å². The first-order valence-electron chi connectivity index (χ1n) is 5.05. The Morgan fingerprint density at radius 3 is 3.06 bits per heavy atom. The third-order valence-corrected chi connectivity index (χ3v) is 3.66. The molecule has 3 nitrogen and oxygen atoms in total. The highest BCUT2D eigenvalue weighted by molar-refractivity contribution is 7.13. The number of likely N-dealkylation sites (N-methyl/N-ethyl adjacent to an activating group) is 1. The number of amides is 1. The van der Waals surface area contributed by atoms with Crippen LogP contribution in [0.3, 0.4) is 0 Å². The van der Waals surface area contributed by atoms with Gasteiger partial charge in [0.1, 0.15) is 5.01 Å². The van der Waals surface area contributed by atoms with Gasteiger partial charge in [-0.2, -0.15) is 0 Å². The molecule has 1 aliphatic rings. The lowest BCUT2D eigenvalue weighted by Crippen LogP contribution is -2.20. The first kappa shape index (κ1) is 9.54. The highest BCUT2D eigenvalue weighted by Crippen LogP contribution is 2.32. The third-order valence-electron chi connectivity index (χ3n) is 2.84. The summed E-state index contributed by atoms with van der Waals surface area (Å²) in [7, 11) is 1.82. The lowest BCUT2D eigenvalue weighted by atomic mass is 10.1. The topological polar surface area (TPSA) is 33.2 Å². The normalized spacial score (nSPS) is 14.3. The first-order chi connectivity index (χ1) is 7.75. The fraction of sp³-hybridized carbons (Fsp3) is 0.167. The van der Waals surface area contributed by atoms with Gasteiger partial charge >= 0.3 is 0 Å². The van der Waals surface area contributed by atoms with E-state index in [0.717, 1.165) is 21.8 Å². The minimum absolute atomic E-state index is 0.159. The molecular weight excluding hydrogens is 220 g/mol. The Bertz CT molecular complexity index is 548. The quantitative estimate of drug-likeness (QED) is 0.753. The molecule has 0 aliphatic carbocycles. The fourth-order valence-corrected chi connectivity index (χ4v) is 2.60. The number of carbonyl (C=O) groups excluding carboxylic acids is 1. The van der Waals surface area contributed by atoms with Crippen molar-refractivity contribution in [3.63, 3.8) is 0 Å². The van der Waals surface area contributed by atoms with Gasteiger partial charge in [-0.1, -0.05) is 0 Å². The van der Waals surface area contributed by atoms with E-state index < -0.39 is 0 Å². The van der Waals surface area contributed by atoms with Gasteiger partial charge in [0.15, 0.2) is 0 Å². The van der Waals surface area contributed by atoms with Crippen LogP contribution < -0.4 is 4.90 Å². The van der Waals surface area contributed by atoms with Crippen LogP contribution in [0.4, 0.5) is 5.69 Å². The Labute approximate surface area is 97.4 Å². The fourth-order valence-electron chi connectivity index (χ4n) is 1.97. The van der Waals surface area contributed by atoms with E-state index >= 15 is 0 Å². The number of rotatable bonds is 1. The van der Waals surface area contributed by atoms with Crippen molar-refractivity contribution >= 4 is 22.9 Å². The number of benzene rings is 1. The molecule has 1 aromatic heterocycles. The van der Waals surface area contributed by atoms with Gasteiger partial charge in [-0.05, 0) is 23.8 Å². The molecule has 0 saturated heterocycles. The van der Waals surface area contributed by atoms with Gasteiger partial charge in [-0.25, -0.2) is 4.98 Å². The lowest BCUT2D eigenvalue weighted by molar-refractivity contribution is -0.117. The molecule has 2 aromatic rings. The van der Waals surface area contributed by atoms with Gasteiger partial charge in [0, 0.05) is 29.9 Å². The van der Waals surface area contributed by atoms with Gasteiger partial charge in [-0.3, -0.25) is 4.79 Å². The summed E-state index contributed by atoms with van der Waals surface area (Å²) in [6.07, 6.45) is 2.30. The molecule has 1 aliphatic heterocycles. The van der Waals surface area contributed by atoms with Crippen molar-refractivity contribution in [3.05, 3.63) is 35.3 Å². The molecule has 0 unspecified atom stereocenters. The van der Waals surface area contributed by atoms with E-state index in [1.165, 1.54) is 0 Å². The number of carbonyl (C=O) groups is 1. The number of aromatic nitrogens is 1. The van der Waals surface area contributed by atoms with Crippen LogP contribution in [0.1, 0.15) is 5.56 Å². The van der Waals surface area contributed by atoms with Crippen LogP contribution in [0.5, 0.6) is 0 Å². The number of hydrogen-bond donors (Lipinski definition) is 0. The summed E-state index contributed by atoms with van der Waals surface area (Å²) in [6, 6.07) is 6.08. The summed E-state index contributed by atoms with van der Waals surface area (Å²) in [6.45, 7) is 0. The minimum atomic E-state index is 0.159. The summed E-state index contributed by atoms with van der Waals surface area (Å²) in [5.74, 6) is 0.159. The average Bonchev–Trinajstić information content (AvgIpc) is 2.88. The molecule has 0 bridgehead atoms. The third kappa shape index (κ3) is 1.34. The lowest BCUT2D eigenvalue weighted by Gasteiger charge is -2.09. The van der Waals surface area contributed by atoms with E-state index in [-0.39, 0.29) is 5.91 Å². The van der Waals surface area contributed by atoms with Crippen LogP contribution in [-0.4, -0.2) is 17.9 Å². The zero-order valence-electron chi connectivity index (χ0n) is 8.80. The number of thiazole rings is 1. The second-order valence-corrected chi connectivity index (χ2v) is 4.70. The van der Waals surface area contributed by atoms with Gasteiger partial charge in [0.05, 0.1) is 6.42 Å². The maximum atomic E-state index is 11.5. The summed E-state index contributed by atoms with van der Waals surface area (Å²) >= 11 is 1.61. The van der Waals surface area contributed by atoms with Gasteiger partial charge < -0.3 is 4.90 Å². The van der Waals surface area contributed by atoms with Crippen molar-refractivity contribution in [2.75, 3.05) is 11.9 Å². The molecule has 0 atom stereocenters. The van der Waals surface area contributed by atoms with E-state index in [9.17, 15) is 4.79 Å². The molecule has 0 spiro atoms. The maximum Gasteiger partial charge on any atom is 0.231 e. The Hall–Kier alpha value is -1.68. The molecule has 0 N–H and O–H groups in total. The highest BCUT2D eigenvalue weighted by atomic mass is 32.1. The molecule has 3 rings (SSSR count). The van der Waals surface area contributed by atoms with Crippen LogP contribution in [0.15, 0.2) is 29.8 Å². The van der Waals surface area contributed by atoms with E-state index in [2.05, 4.69) is 11.1 Å². The number of nitrogens with zero attached hydrogens (tertiary/aromatic N) is 2. The predicted molar refractivity (Wildman–Crippen MR) is 64.7 cm³/mol. The Balaban J connectivity index is 2.08. The van der Waals surface area contributed by atoms with Crippen molar-refractivity contribution in [1.82, 2.24) is 4.98 Å². The largest absolute Gasteiger partial charge is 0.315 e. The Kier molecular flexibility index (Phi) is 2.04. The smallest absolute Gasteiger partial charge is 0.231 e. The summed E-state index contributed by atoms with van der Waals surface area (Å²) in [5, 5.41) is 2.96. The molecule has 16 heavy (non-hydrogen) atoms. The van der Waals surface area contributed by atoms with Gasteiger partial charge in [0.2, 0.25) is 5.91 Å².